The third kappa shape index (κ3) is 4.83. The molecule has 0 saturated heterocycles. The van der Waals surface area contributed by atoms with Gasteiger partial charge in [-0.25, -0.2) is 13.9 Å². The largest absolute Gasteiger partial charge is 0.425 e. The molecule has 4 rings (SSSR count). The Hall–Kier alpha value is -3.23. The van der Waals surface area contributed by atoms with E-state index >= 15 is 4.39 Å². The van der Waals surface area contributed by atoms with Gasteiger partial charge in [0.05, 0.1) is 28.8 Å². The highest BCUT2D eigenvalue weighted by atomic mass is 31.2. The van der Waals surface area contributed by atoms with Gasteiger partial charge in [-0.1, -0.05) is 26.0 Å². The summed E-state index contributed by atoms with van der Waals surface area (Å²) in [6.45, 7) is 4.74. The van der Waals surface area contributed by atoms with Crippen molar-refractivity contribution in [3.8, 4) is 28.3 Å². The van der Waals surface area contributed by atoms with Crippen molar-refractivity contribution in [1.29, 1.82) is 0 Å². The first-order valence-corrected chi connectivity index (χ1v) is 12.2. The van der Waals surface area contributed by atoms with E-state index in [2.05, 4.69) is 9.97 Å². The Bertz CT molecular complexity index is 1430. The minimum absolute atomic E-state index is 0.110. The molecule has 0 saturated carbocycles. The van der Waals surface area contributed by atoms with Gasteiger partial charge in [0.25, 0.3) is 0 Å². The molecule has 0 radical (unpaired) electrons. The molecule has 1 atom stereocenters. The van der Waals surface area contributed by atoms with Crippen LogP contribution in [0.1, 0.15) is 31.0 Å². The summed E-state index contributed by atoms with van der Waals surface area (Å²) in [7, 11) is -3.88. The van der Waals surface area contributed by atoms with Crippen LogP contribution in [0.25, 0.3) is 28.2 Å². The third-order valence-electron chi connectivity index (χ3n) is 5.04. The summed E-state index contributed by atoms with van der Waals surface area (Å²) in [6.07, 6.45) is -1.58. The molecular weight excluding hydrogens is 473 g/mol. The van der Waals surface area contributed by atoms with Crippen LogP contribution in [0.15, 0.2) is 54.9 Å². The Kier molecular flexibility index (Phi) is 5.99. The highest BCUT2D eigenvalue weighted by molar-refractivity contribution is 7.52. The first kappa shape index (κ1) is 23.9. The van der Waals surface area contributed by atoms with Crippen molar-refractivity contribution in [2.75, 3.05) is 6.66 Å². The average Bonchev–Trinajstić information content (AvgIpc) is 3.11. The molecule has 2 aromatic carbocycles. The van der Waals surface area contributed by atoms with Gasteiger partial charge >= 0.3 is 13.8 Å². The summed E-state index contributed by atoms with van der Waals surface area (Å²) in [5.41, 5.74) is 1.18. The lowest BCUT2D eigenvalue weighted by atomic mass is 10.0. The minimum atomic E-state index is -4.50. The highest BCUT2D eigenvalue weighted by Crippen LogP contribution is 2.40. The summed E-state index contributed by atoms with van der Waals surface area (Å²) < 4.78 is 72.6. The van der Waals surface area contributed by atoms with Crippen LogP contribution in [0.4, 0.5) is 17.6 Å². The molecule has 0 bridgehead atoms. The average molecular weight is 493 g/mol. The molecule has 0 amide bonds. The number of rotatable bonds is 5. The first-order chi connectivity index (χ1) is 15.8. The highest BCUT2D eigenvalue weighted by Gasteiger charge is 2.30. The van der Waals surface area contributed by atoms with Gasteiger partial charge < -0.3 is 9.42 Å². The monoisotopic (exact) mass is 493 g/mol. The standard InChI is InChI=1S/C23H20F4N3O3P/c1-13(2)21-22(17-8-7-16(10-18(17)24)33-34(3,31)32)30-12-19(28-11-20(30)29-21)14-5-4-6-15(9-14)23(25,26)27/h4-13H,1-3H3,(H,31,32). The molecule has 0 spiro atoms. The Balaban J connectivity index is 1.89. The third-order valence-corrected chi connectivity index (χ3v) is 5.59. The number of halogens is 4. The van der Waals surface area contributed by atoms with Crippen LogP contribution in [-0.2, 0) is 10.7 Å². The van der Waals surface area contributed by atoms with Crippen LogP contribution >= 0.6 is 7.60 Å². The molecule has 178 valence electrons. The maximum Gasteiger partial charge on any atom is 0.416 e. The number of benzene rings is 2. The molecule has 0 aliphatic rings. The van der Waals surface area contributed by atoms with Crippen molar-refractivity contribution in [2.24, 2.45) is 0 Å². The number of imidazole rings is 1. The molecule has 1 N–H and O–H groups in total. The molecule has 6 nitrogen and oxygen atoms in total. The van der Waals surface area contributed by atoms with Gasteiger partial charge in [-0.05, 0) is 30.2 Å². The maximum atomic E-state index is 15.1. The van der Waals surface area contributed by atoms with Crippen LogP contribution < -0.4 is 4.52 Å². The lowest BCUT2D eigenvalue weighted by Crippen LogP contribution is -2.04. The van der Waals surface area contributed by atoms with Gasteiger partial charge in [0.15, 0.2) is 5.65 Å². The first-order valence-electron chi connectivity index (χ1n) is 10.2. The summed E-state index contributed by atoms with van der Waals surface area (Å²) in [5.74, 6) is -0.941. The number of aromatic nitrogens is 3. The van der Waals surface area contributed by atoms with E-state index in [9.17, 15) is 22.6 Å². The normalized spacial score (nSPS) is 13.9. The van der Waals surface area contributed by atoms with Crippen molar-refractivity contribution < 1.29 is 31.5 Å². The molecule has 34 heavy (non-hydrogen) atoms. The SMILES string of the molecule is CC(C)c1nc2cnc(-c3cccc(C(F)(F)F)c3)cn2c1-c1ccc(OP(C)(=O)O)cc1F. The fourth-order valence-corrected chi connectivity index (χ4v) is 4.09. The van der Waals surface area contributed by atoms with E-state index in [4.69, 9.17) is 4.52 Å². The maximum absolute atomic E-state index is 15.1. The molecule has 0 aliphatic carbocycles. The van der Waals surface area contributed by atoms with E-state index in [1.807, 2.05) is 13.8 Å². The fraction of sp³-hybridized carbons (Fsp3) is 0.217. The molecule has 4 aromatic rings. The van der Waals surface area contributed by atoms with Crippen LogP contribution in [0.2, 0.25) is 0 Å². The summed E-state index contributed by atoms with van der Waals surface area (Å²) in [6, 6.07) is 8.54. The van der Waals surface area contributed by atoms with Crippen molar-refractivity contribution in [3.63, 3.8) is 0 Å². The van der Waals surface area contributed by atoms with E-state index in [0.717, 1.165) is 24.9 Å². The summed E-state index contributed by atoms with van der Waals surface area (Å²) in [5, 5.41) is 0. The van der Waals surface area contributed by atoms with E-state index in [-0.39, 0.29) is 28.5 Å². The van der Waals surface area contributed by atoms with Crippen LogP contribution in [0, 0.1) is 5.82 Å². The summed E-state index contributed by atoms with van der Waals surface area (Å²) in [4.78, 5) is 18.2. The molecule has 2 aromatic heterocycles. The minimum Gasteiger partial charge on any atom is -0.425 e. The van der Waals surface area contributed by atoms with Crippen LogP contribution in [0.5, 0.6) is 5.75 Å². The zero-order valence-electron chi connectivity index (χ0n) is 18.3. The van der Waals surface area contributed by atoms with E-state index in [1.165, 1.54) is 36.7 Å². The predicted molar refractivity (Wildman–Crippen MR) is 119 cm³/mol. The molecule has 0 aliphatic heterocycles. The fourth-order valence-electron chi connectivity index (χ4n) is 3.59. The molecule has 2 heterocycles. The van der Waals surface area contributed by atoms with Crippen molar-refractivity contribution in [2.45, 2.75) is 25.9 Å². The second kappa shape index (κ2) is 8.52. The van der Waals surface area contributed by atoms with Crippen molar-refractivity contribution in [3.05, 3.63) is 71.9 Å². The zero-order chi connectivity index (χ0) is 24.8. The number of nitrogens with zero attached hydrogens (tertiary/aromatic N) is 3. The smallest absolute Gasteiger partial charge is 0.416 e. The second-order valence-electron chi connectivity index (χ2n) is 8.12. The number of fused-ring (bicyclic) bond motifs is 1. The molecular formula is C23H20F4N3O3P. The molecule has 11 heteroatoms. The quantitative estimate of drug-likeness (QED) is 0.252. The van der Waals surface area contributed by atoms with Crippen LogP contribution in [-0.4, -0.2) is 25.9 Å². The van der Waals surface area contributed by atoms with Crippen molar-refractivity contribution >= 4 is 13.2 Å². The van der Waals surface area contributed by atoms with Gasteiger partial charge in [0, 0.05) is 30.1 Å². The number of hydrogen-bond acceptors (Lipinski definition) is 4. The van der Waals surface area contributed by atoms with E-state index < -0.39 is 25.2 Å². The molecule has 0 fully saturated rings. The number of hydrogen-bond donors (Lipinski definition) is 1. The summed E-state index contributed by atoms with van der Waals surface area (Å²) >= 11 is 0. The van der Waals surface area contributed by atoms with Gasteiger partial charge in [0.2, 0.25) is 0 Å². The molecule has 1 unspecified atom stereocenters. The number of alkyl halides is 3. The van der Waals surface area contributed by atoms with Crippen LogP contribution in [0.3, 0.4) is 0 Å². The Morgan fingerprint density at radius 1 is 1.15 bits per heavy atom. The zero-order valence-corrected chi connectivity index (χ0v) is 19.2. The Labute approximate surface area is 192 Å². The van der Waals surface area contributed by atoms with Crippen molar-refractivity contribution in [1.82, 2.24) is 14.4 Å². The second-order valence-corrected chi connectivity index (χ2v) is 9.90. The van der Waals surface area contributed by atoms with Gasteiger partial charge in [-0.2, -0.15) is 13.2 Å². The van der Waals surface area contributed by atoms with E-state index in [1.54, 1.807) is 4.40 Å². The lowest BCUT2D eigenvalue weighted by Gasteiger charge is -2.13. The predicted octanol–water partition coefficient (Wildman–Crippen LogP) is 6.54. The topological polar surface area (TPSA) is 76.7 Å². The lowest BCUT2D eigenvalue weighted by molar-refractivity contribution is -0.137. The Morgan fingerprint density at radius 3 is 2.50 bits per heavy atom. The van der Waals surface area contributed by atoms with E-state index in [0.29, 0.717) is 17.0 Å². The van der Waals surface area contributed by atoms with Gasteiger partial charge in [-0.15, -0.1) is 0 Å². The van der Waals surface area contributed by atoms with Gasteiger partial charge in [0.1, 0.15) is 11.6 Å². The Morgan fingerprint density at radius 2 is 1.88 bits per heavy atom. The van der Waals surface area contributed by atoms with Gasteiger partial charge in [-0.3, -0.25) is 9.38 Å².